The molecule has 0 saturated carbocycles. The molecule has 0 spiro atoms. The Balaban J connectivity index is 2.25. The second kappa shape index (κ2) is 8.11. The highest BCUT2D eigenvalue weighted by Crippen LogP contribution is 2.32. The Hall–Kier alpha value is -3.04. The molecule has 0 fully saturated rings. The molecule has 0 aromatic heterocycles. The van der Waals surface area contributed by atoms with Crippen LogP contribution < -0.4 is 10.6 Å². The zero-order valence-electron chi connectivity index (χ0n) is 14.5. The first-order valence-electron chi connectivity index (χ1n) is 7.96. The van der Waals surface area contributed by atoms with Crippen molar-refractivity contribution in [3.05, 3.63) is 46.7 Å². The minimum absolute atomic E-state index is 0.0216. The lowest BCUT2D eigenvalue weighted by atomic mass is 10.0. The number of nitrogens with one attached hydrogen (secondary N) is 2. The normalized spacial score (nSPS) is 17.1. The Bertz CT molecular complexity index is 789. The van der Waals surface area contributed by atoms with E-state index >= 15 is 0 Å². The van der Waals surface area contributed by atoms with Crippen molar-refractivity contribution in [3.63, 3.8) is 0 Å². The minimum Gasteiger partial charge on any atom is -0.463 e. The molecule has 7 nitrogen and oxygen atoms in total. The average Bonchev–Trinajstić information content (AvgIpc) is 2.58. The first-order valence-corrected chi connectivity index (χ1v) is 7.96. The molecule has 0 radical (unpaired) electrons. The van der Waals surface area contributed by atoms with Crippen LogP contribution in [0.5, 0.6) is 0 Å². The summed E-state index contributed by atoms with van der Waals surface area (Å²) in [5.74, 6) is -1.97. The van der Waals surface area contributed by atoms with Crippen molar-refractivity contribution in [2.45, 2.75) is 26.1 Å². The van der Waals surface area contributed by atoms with E-state index in [0.717, 1.165) is 18.2 Å². The highest BCUT2D eigenvalue weighted by Gasteiger charge is 2.36. The summed E-state index contributed by atoms with van der Waals surface area (Å²) in [5.41, 5.74) is -1.84. The fourth-order valence-electron chi connectivity index (χ4n) is 2.52. The highest BCUT2D eigenvalue weighted by molar-refractivity contribution is 5.95. The highest BCUT2D eigenvalue weighted by atomic mass is 19.4. The van der Waals surface area contributed by atoms with Gasteiger partial charge in [-0.3, -0.25) is 0 Å². The summed E-state index contributed by atoms with van der Waals surface area (Å²) < 4.78 is 48.9. The molecule has 1 heterocycles. The van der Waals surface area contributed by atoms with Crippen LogP contribution in [-0.4, -0.2) is 37.2 Å². The lowest BCUT2D eigenvalue weighted by molar-refractivity contribution is -0.139. The van der Waals surface area contributed by atoms with E-state index in [9.17, 15) is 27.6 Å². The van der Waals surface area contributed by atoms with E-state index in [4.69, 9.17) is 9.47 Å². The van der Waals surface area contributed by atoms with E-state index in [1.807, 2.05) is 0 Å². The van der Waals surface area contributed by atoms with E-state index < -0.39 is 47.9 Å². The molecule has 1 aromatic carbocycles. The molecular weight excluding hydrogens is 369 g/mol. The number of alkyl halides is 3. The summed E-state index contributed by atoms with van der Waals surface area (Å²) in [7, 11) is 0. The van der Waals surface area contributed by atoms with Crippen molar-refractivity contribution < 1.29 is 37.0 Å². The Morgan fingerprint density at radius 3 is 2.44 bits per heavy atom. The van der Waals surface area contributed by atoms with Gasteiger partial charge in [0.1, 0.15) is 6.61 Å². The van der Waals surface area contributed by atoms with Gasteiger partial charge in [0.2, 0.25) is 0 Å². The van der Waals surface area contributed by atoms with Gasteiger partial charge in [0.15, 0.2) is 0 Å². The maximum Gasteiger partial charge on any atom is 0.417 e. The Kier molecular flexibility index (Phi) is 6.09. The third-order valence-electron chi connectivity index (χ3n) is 3.67. The zero-order chi connectivity index (χ0) is 20.2. The third-order valence-corrected chi connectivity index (χ3v) is 3.67. The van der Waals surface area contributed by atoms with Crippen LogP contribution in [0.2, 0.25) is 0 Å². The monoisotopic (exact) mass is 386 g/mol. The second-order valence-electron chi connectivity index (χ2n) is 5.55. The van der Waals surface area contributed by atoms with E-state index in [1.54, 1.807) is 6.92 Å². The van der Waals surface area contributed by atoms with Crippen LogP contribution in [0, 0.1) is 0 Å². The zero-order valence-corrected chi connectivity index (χ0v) is 14.5. The van der Waals surface area contributed by atoms with Gasteiger partial charge in [-0.1, -0.05) is 12.1 Å². The van der Waals surface area contributed by atoms with Crippen LogP contribution in [0.4, 0.5) is 18.0 Å². The molecule has 1 atom stereocenters. The molecule has 1 aliphatic rings. The number of halogens is 3. The van der Waals surface area contributed by atoms with E-state index in [1.165, 1.54) is 13.0 Å². The van der Waals surface area contributed by atoms with Crippen LogP contribution in [0.1, 0.15) is 29.8 Å². The number of rotatable bonds is 5. The Labute approximate surface area is 152 Å². The molecule has 10 heteroatoms. The number of carbonyl (C=O) groups excluding carboxylic acids is 3. The van der Waals surface area contributed by atoms with Crippen molar-refractivity contribution in [3.8, 4) is 0 Å². The van der Waals surface area contributed by atoms with E-state index in [0.29, 0.717) is 0 Å². The lowest BCUT2D eigenvalue weighted by Gasteiger charge is -2.26. The molecule has 1 aliphatic heterocycles. The van der Waals surface area contributed by atoms with Gasteiger partial charge in [-0.2, -0.15) is 13.2 Å². The van der Waals surface area contributed by atoms with Crippen LogP contribution >= 0.6 is 0 Å². The lowest BCUT2D eigenvalue weighted by Crippen LogP contribution is -2.50. The topological polar surface area (TPSA) is 93.7 Å². The van der Waals surface area contributed by atoms with Crippen molar-refractivity contribution in [1.82, 2.24) is 10.6 Å². The predicted molar refractivity (Wildman–Crippen MR) is 86.5 cm³/mol. The van der Waals surface area contributed by atoms with Crippen molar-refractivity contribution >= 4 is 18.0 Å². The fraction of sp³-hybridized carbons (Fsp3) is 0.353. The molecule has 0 aliphatic carbocycles. The van der Waals surface area contributed by atoms with Crippen molar-refractivity contribution in [2.24, 2.45) is 0 Å². The average molecular weight is 386 g/mol. The van der Waals surface area contributed by atoms with Crippen LogP contribution in [0.25, 0.3) is 0 Å². The molecule has 27 heavy (non-hydrogen) atoms. The number of hydrogen-bond donors (Lipinski definition) is 2. The minimum atomic E-state index is -4.73. The predicted octanol–water partition coefficient (Wildman–Crippen LogP) is 2.38. The molecule has 2 rings (SSSR count). The van der Waals surface area contributed by atoms with Crippen LogP contribution in [-0.2, 0) is 20.4 Å². The van der Waals surface area contributed by atoms with Crippen molar-refractivity contribution in [1.29, 1.82) is 0 Å². The van der Waals surface area contributed by atoms with Crippen molar-refractivity contribution in [2.75, 3.05) is 13.2 Å². The van der Waals surface area contributed by atoms with Crippen LogP contribution in [0.3, 0.4) is 0 Å². The summed E-state index contributed by atoms with van der Waals surface area (Å²) in [6.07, 6.45) is -4.73. The molecule has 0 saturated heterocycles. The van der Waals surface area contributed by atoms with Gasteiger partial charge < -0.3 is 20.1 Å². The SMILES string of the molecule is CCOC(=O)C1=C(COC(=O)c2ccccc2C(F)(F)F)NC(=O)N[C@H]1C. The number of ether oxygens (including phenoxy) is 2. The molecule has 2 N–H and O–H groups in total. The van der Waals surface area contributed by atoms with Gasteiger partial charge in [-0.05, 0) is 26.0 Å². The fourth-order valence-corrected chi connectivity index (χ4v) is 2.52. The first kappa shape index (κ1) is 20.3. The first-order chi connectivity index (χ1) is 12.6. The third kappa shape index (κ3) is 4.78. The Morgan fingerprint density at radius 2 is 1.81 bits per heavy atom. The van der Waals surface area contributed by atoms with Crippen LogP contribution in [0.15, 0.2) is 35.5 Å². The van der Waals surface area contributed by atoms with E-state index in [2.05, 4.69) is 10.6 Å². The summed E-state index contributed by atoms with van der Waals surface area (Å²) in [6.45, 7) is 2.59. The summed E-state index contributed by atoms with van der Waals surface area (Å²) in [4.78, 5) is 35.8. The number of benzene rings is 1. The molecule has 2 amide bonds. The number of hydrogen-bond acceptors (Lipinski definition) is 5. The quantitative estimate of drug-likeness (QED) is 0.758. The summed E-state index contributed by atoms with van der Waals surface area (Å²) in [6, 6.07) is 2.79. The maximum absolute atomic E-state index is 13.0. The maximum atomic E-state index is 13.0. The van der Waals surface area contributed by atoms with Gasteiger partial charge in [0.25, 0.3) is 0 Å². The Morgan fingerprint density at radius 1 is 1.15 bits per heavy atom. The molecule has 0 unspecified atom stereocenters. The van der Waals surface area contributed by atoms with E-state index in [-0.39, 0.29) is 17.9 Å². The van der Waals surface area contributed by atoms with Gasteiger partial charge in [0.05, 0.1) is 35.0 Å². The number of urea groups is 1. The molecule has 146 valence electrons. The van der Waals surface area contributed by atoms with Gasteiger partial charge in [-0.15, -0.1) is 0 Å². The standard InChI is InChI=1S/C17H17F3N2O5/c1-3-26-15(24)13-9(2)21-16(25)22-12(13)8-27-14(23)10-6-4-5-7-11(10)17(18,19)20/h4-7,9H,3,8H2,1-2H3,(H2,21,22,25)/t9-/m0/s1. The molecule has 1 aromatic rings. The summed E-state index contributed by atoms with van der Waals surface area (Å²) >= 11 is 0. The number of esters is 2. The summed E-state index contributed by atoms with van der Waals surface area (Å²) in [5, 5.41) is 4.77. The van der Waals surface area contributed by atoms with Gasteiger partial charge >= 0.3 is 24.1 Å². The molecule has 0 bridgehead atoms. The second-order valence-corrected chi connectivity index (χ2v) is 5.55. The van der Waals surface area contributed by atoms with Gasteiger partial charge in [0, 0.05) is 0 Å². The largest absolute Gasteiger partial charge is 0.463 e. The van der Waals surface area contributed by atoms with Gasteiger partial charge in [-0.25, -0.2) is 14.4 Å². The smallest absolute Gasteiger partial charge is 0.417 e. The number of carbonyl (C=O) groups is 3. The number of amides is 2. The molecular formula is C17H17F3N2O5.